The molecular weight excluding hydrogens is 268 g/mol. The maximum Gasteiger partial charge on any atom is 0.248 e. The van der Waals surface area contributed by atoms with Crippen LogP contribution >= 0.6 is 0 Å². The van der Waals surface area contributed by atoms with Crippen LogP contribution in [0, 0.1) is 0 Å². The van der Waals surface area contributed by atoms with Crippen LogP contribution in [0.15, 0.2) is 30.3 Å². The average Bonchev–Trinajstić information content (AvgIpc) is 3.03. The largest absolute Gasteiger partial charge is 0.394 e. The highest BCUT2D eigenvalue weighted by Crippen LogP contribution is 2.33. The van der Waals surface area contributed by atoms with Crippen molar-refractivity contribution in [3.63, 3.8) is 0 Å². The van der Waals surface area contributed by atoms with E-state index in [0.29, 0.717) is 32.2 Å². The Hall–Kier alpha value is -1.88. The predicted molar refractivity (Wildman–Crippen MR) is 77.5 cm³/mol. The van der Waals surface area contributed by atoms with Crippen LogP contribution in [0.5, 0.6) is 0 Å². The van der Waals surface area contributed by atoms with Gasteiger partial charge in [-0.2, -0.15) is 0 Å². The molecule has 0 aromatic heterocycles. The van der Waals surface area contributed by atoms with E-state index in [2.05, 4.69) is 5.32 Å². The lowest BCUT2D eigenvalue weighted by Crippen LogP contribution is -2.51. The summed E-state index contributed by atoms with van der Waals surface area (Å²) in [5, 5.41) is 12.5. The van der Waals surface area contributed by atoms with Gasteiger partial charge >= 0.3 is 0 Å². The zero-order valence-corrected chi connectivity index (χ0v) is 11.9. The number of benzene rings is 1. The van der Waals surface area contributed by atoms with Crippen molar-refractivity contribution >= 4 is 11.8 Å². The molecule has 0 aliphatic carbocycles. The van der Waals surface area contributed by atoms with Crippen molar-refractivity contribution in [1.82, 2.24) is 10.2 Å². The molecule has 3 rings (SSSR count). The van der Waals surface area contributed by atoms with Crippen LogP contribution in [-0.2, 0) is 16.0 Å². The monoisotopic (exact) mass is 288 g/mol. The minimum Gasteiger partial charge on any atom is -0.394 e. The predicted octanol–water partition coefficient (Wildman–Crippen LogP) is 0.471. The maximum absolute atomic E-state index is 12.7. The zero-order valence-electron chi connectivity index (χ0n) is 11.9. The van der Waals surface area contributed by atoms with E-state index in [1.54, 1.807) is 4.90 Å². The molecule has 2 aliphatic heterocycles. The molecule has 1 spiro atoms. The first-order valence-corrected chi connectivity index (χ1v) is 7.41. The van der Waals surface area contributed by atoms with Crippen LogP contribution < -0.4 is 5.32 Å². The molecule has 2 amide bonds. The molecule has 2 atom stereocenters. The summed E-state index contributed by atoms with van der Waals surface area (Å²) in [6.07, 6.45) is 2.27. The van der Waals surface area contributed by atoms with Crippen molar-refractivity contribution in [2.75, 3.05) is 13.2 Å². The number of hydrogen-bond donors (Lipinski definition) is 2. The van der Waals surface area contributed by atoms with Gasteiger partial charge in [-0.1, -0.05) is 30.3 Å². The molecule has 21 heavy (non-hydrogen) atoms. The third-order valence-corrected chi connectivity index (χ3v) is 4.57. The number of carbonyl (C=O) groups excluding carboxylic acids is 2. The standard InChI is InChI=1S/C16H20N2O3/c19-11-13(10-12-4-2-1-3-5-12)18-9-8-16(15(18)21)7-6-14(20)17-16/h1-5,13,19H,6-11H2,(H,17,20)/t13?,16-/m0/s1. The molecule has 0 bridgehead atoms. The number of nitrogens with one attached hydrogen (secondary N) is 1. The number of carbonyl (C=O) groups is 2. The van der Waals surface area contributed by atoms with Crippen molar-refractivity contribution in [1.29, 1.82) is 0 Å². The highest BCUT2D eigenvalue weighted by Gasteiger charge is 2.52. The van der Waals surface area contributed by atoms with Gasteiger partial charge in [-0.25, -0.2) is 0 Å². The number of nitrogens with zero attached hydrogens (tertiary/aromatic N) is 1. The smallest absolute Gasteiger partial charge is 0.248 e. The summed E-state index contributed by atoms with van der Waals surface area (Å²) in [6.45, 7) is 0.530. The quantitative estimate of drug-likeness (QED) is 0.846. The van der Waals surface area contributed by atoms with E-state index < -0.39 is 5.54 Å². The Morgan fingerprint density at radius 3 is 2.62 bits per heavy atom. The van der Waals surface area contributed by atoms with Gasteiger partial charge in [0.05, 0.1) is 12.6 Å². The first-order valence-electron chi connectivity index (χ1n) is 7.41. The summed E-state index contributed by atoms with van der Waals surface area (Å²) in [4.78, 5) is 25.9. The van der Waals surface area contributed by atoms with E-state index >= 15 is 0 Å². The van der Waals surface area contributed by atoms with Crippen LogP contribution in [-0.4, -0.2) is 46.6 Å². The van der Waals surface area contributed by atoms with Gasteiger partial charge in [0.25, 0.3) is 0 Å². The summed E-state index contributed by atoms with van der Waals surface area (Å²) in [6, 6.07) is 9.62. The van der Waals surface area contributed by atoms with Gasteiger partial charge in [-0.15, -0.1) is 0 Å². The van der Waals surface area contributed by atoms with Crippen molar-refractivity contribution in [2.24, 2.45) is 0 Å². The van der Waals surface area contributed by atoms with Crippen LogP contribution in [0.1, 0.15) is 24.8 Å². The van der Waals surface area contributed by atoms with Gasteiger partial charge in [0.2, 0.25) is 11.8 Å². The number of rotatable bonds is 4. The summed E-state index contributed by atoms with van der Waals surface area (Å²) in [5.41, 5.74) is 0.391. The minimum atomic E-state index is -0.707. The lowest BCUT2D eigenvalue weighted by molar-refractivity contribution is -0.136. The number of hydrogen-bond acceptors (Lipinski definition) is 3. The average molecular weight is 288 g/mol. The molecule has 2 heterocycles. The fourth-order valence-corrected chi connectivity index (χ4v) is 3.37. The lowest BCUT2D eigenvalue weighted by Gasteiger charge is -2.29. The fourth-order valence-electron chi connectivity index (χ4n) is 3.37. The highest BCUT2D eigenvalue weighted by atomic mass is 16.3. The van der Waals surface area contributed by atoms with Crippen LogP contribution in [0.4, 0.5) is 0 Å². The zero-order chi connectivity index (χ0) is 14.9. The van der Waals surface area contributed by atoms with Crippen LogP contribution in [0.2, 0.25) is 0 Å². The molecule has 1 aromatic rings. The van der Waals surface area contributed by atoms with Gasteiger partial charge < -0.3 is 15.3 Å². The lowest BCUT2D eigenvalue weighted by atomic mass is 9.96. The molecule has 2 saturated heterocycles. The molecule has 112 valence electrons. The Labute approximate surface area is 123 Å². The van der Waals surface area contributed by atoms with Crippen LogP contribution in [0.3, 0.4) is 0 Å². The third-order valence-electron chi connectivity index (χ3n) is 4.57. The van der Waals surface area contributed by atoms with Crippen molar-refractivity contribution < 1.29 is 14.7 Å². The fraction of sp³-hybridized carbons (Fsp3) is 0.500. The Bertz CT molecular complexity index is 546. The molecular formula is C16H20N2O3. The Morgan fingerprint density at radius 2 is 2.00 bits per heavy atom. The number of amides is 2. The minimum absolute atomic E-state index is 0.0386. The second-order valence-electron chi connectivity index (χ2n) is 5.90. The van der Waals surface area contributed by atoms with E-state index in [0.717, 1.165) is 5.56 Å². The molecule has 1 aromatic carbocycles. The third kappa shape index (κ3) is 2.53. The van der Waals surface area contributed by atoms with E-state index in [4.69, 9.17) is 0 Å². The molecule has 1 unspecified atom stereocenters. The second kappa shape index (κ2) is 5.48. The summed E-state index contributed by atoms with van der Waals surface area (Å²) in [7, 11) is 0. The Morgan fingerprint density at radius 1 is 1.24 bits per heavy atom. The van der Waals surface area contributed by atoms with Crippen molar-refractivity contribution in [3.05, 3.63) is 35.9 Å². The summed E-state index contributed by atoms with van der Waals surface area (Å²) >= 11 is 0. The van der Waals surface area contributed by atoms with Crippen molar-refractivity contribution in [3.8, 4) is 0 Å². The maximum atomic E-state index is 12.7. The second-order valence-corrected chi connectivity index (χ2v) is 5.90. The van der Waals surface area contributed by atoms with Gasteiger partial charge in [-0.05, 0) is 24.8 Å². The van der Waals surface area contributed by atoms with E-state index in [1.165, 1.54) is 0 Å². The first kappa shape index (κ1) is 14.1. The van der Waals surface area contributed by atoms with Crippen LogP contribution in [0.25, 0.3) is 0 Å². The number of aliphatic hydroxyl groups is 1. The summed E-state index contributed by atoms with van der Waals surface area (Å²) in [5.74, 6) is -0.0860. The summed E-state index contributed by atoms with van der Waals surface area (Å²) < 4.78 is 0. The molecule has 2 fully saturated rings. The van der Waals surface area contributed by atoms with E-state index in [9.17, 15) is 14.7 Å². The van der Waals surface area contributed by atoms with E-state index in [1.807, 2.05) is 30.3 Å². The topological polar surface area (TPSA) is 69.6 Å². The number of aliphatic hydroxyl groups excluding tert-OH is 1. The van der Waals surface area contributed by atoms with Gasteiger partial charge in [-0.3, -0.25) is 9.59 Å². The molecule has 0 radical (unpaired) electrons. The Balaban J connectivity index is 1.74. The molecule has 2 N–H and O–H groups in total. The van der Waals surface area contributed by atoms with Gasteiger partial charge in [0.1, 0.15) is 5.54 Å². The molecule has 0 saturated carbocycles. The van der Waals surface area contributed by atoms with Gasteiger partial charge in [0, 0.05) is 13.0 Å². The molecule has 2 aliphatic rings. The SMILES string of the molecule is O=C1CC[C@@]2(CCN(C(CO)Cc3ccccc3)C2=O)N1. The normalized spacial score (nSPS) is 26.4. The molecule has 5 heteroatoms. The Kier molecular flexibility index (Phi) is 3.68. The number of likely N-dealkylation sites (tertiary alicyclic amines) is 1. The van der Waals surface area contributed by atoms with E-state index in [-0.39, 0.29) is 24.5 Å². The highest BCUT2D eigenvalue weighted by molar-refractivity contribution is 5.96. The van der Waals surface area contributed by atoms with Crippen molar-refractivity contribution in [2.45, 2.75) is 37.3 Å². The van der Waals surface area contributed by atoms with Gasteiger partial charge in [0.15, 0.2) is 0 Å². The first-order chi connectivity index (χ1) is 10.1. The molecule has 5 nitrogen and oxygen atoms in total.